The van der Waals surface area contributed by atoms with E-state index in [4.69, 9.17) is 18.0 Å². The summed E-state index contributed by atoms with van der Waals surface area (Å²) in [5.41, 5.74) is 7.65. The molecule has 0 unspecified atom stereocenters. The van der Waals surface area contributed by atoms with Crippen LogP contribution in [-0.2, 0) is 6.42 Å². The van der Waals surface area contributed by atoms with E-state index in [9.17, 15) is 4.39 Å². The zero-order valence-electron chi connectivity index (χ0n) is 8.37. The Morgan fingerprint density at radius 2 is 2.33 bits per heavy atom. The number of nitrogens with two attached hydrogens (primary N) is 1. The fourth-order valence-corrected chi connectivity index (χ4v) is 1.99. The Morgan fingerprint density at radius 1 is 1.53 bits per heavy atom. The van der Waals surface area contributed by atoms with Crippen LogP contribution in [0.1, 0.15) is 12.0 Å². The smallest absolute Gasteiger partial charge is 0.125 e. The average molecular weight is 224 g/mol. The van der Waals surface area contributed by atoms with E-state index >= 15 is 0 Å². The maximum absolute atomic E-state index is 13.1. The van der Waals surface area contributed by atoms with E-state index in [2.05, 4.69) is 4.90 Å². The van der Waals surface area contributed by atoms with Gasteiger partial charge in [0.1, 0.15) is 5.82 Å². The molecule has 2 rings (SSSR count). The second-order valence-corrected chi connectivity index (χ2v) is 4.25. The van der Waals surface area contributed by atoms with Gasteiger partial charge in [-0.25, -0.2) is 4.39 Å². The number of halogens is 1. The summed E-state index contributed by atoms with van der Waals surface area (Å²) in [6, 6.07) is 4.95. The van der Waals surface area contributed by atoms with E-state index in [1.165, 1.54) is 11.6 Å². The summed E-state index contributed by atoms with van der Waals surface area (Å²) in [7, 11) is 0. The fraction of sp³-hybridized carbons (Fsp3) is 0.364. The van der Waals surface area contributed by atoms with Crippen molar-refractivity contribution in [3.8, 4) is 0 Å². The molecule has 0 bridgehead atoms. The van der Waals surface area contributed by atoms with Gasteiger partial charge in [-0.1, -0.05) is 18.3 Å². The first-order valence-corrected chi connectivity index (χ1v) is 5.39. The lowest BCUT2D eigenvalue weighted by atomic mass is 10.2. The van der Waals surface area contributed by atoms with Crippen LogP contribution in [0.15, 0.2) is 18.2 Å². The number of nitrogens with zero attached hydrogens (tertiary/aromatic N) is 1. The Hall–Kier alpha value is -1.16. The van der Waals surface area contributed by atoms with Crippen LogP contribution >= 0.6 is 12.2 Å². The molecule has 0 spiro atoms. The normalized spacial score (nSPS) is 14.1. The summed E-state index contributed by atoms with van der Waals surface area (Å²) >= 11 is 4.83. The van der Waals surface area contributed by atoms with Crippen LogP contribution in [0.4, 0.5) is 10.1 Å². The molecular formula is C11H13FN2S. The maximum Gasteiger partial charge on any atom is 0.125 e. The van der Waals surface area contributed by atoms with Gasteiger partial charge >= 0.3 is 0 Å². The van der Waals surface area contributed by atoms with Crippen molar-refractivity contribution in [1.29, 1.82) is 0 Å². The summed E-state index contributed by atoms with van der Waals surface area (Å²) < 4.78 is 13.1. The lowest BCUT2D eigenvalue weighted by molar-refractivity contribution is 0.627. The fourth-order valence-electron chi connectivity index (χ4n) is 1.90. The van der Waals surface area contributed by atoms with Crippen LogP contribution in [0.5, 0.6) is 0 Å². The molecule has 1 aliphatic rings. The molecule has 15 heavy (non-hydrogen) atoms. The topological polar surface area (TPSA) is 29.3 Å². The third kappa shape index (κ3) is 2.26. The Balaban J connectivity index is 2.13. The van der Waals surface area contributed by atoms with Gasteiger partial charge < -0.3 is 10.6 Å². The molecule has 0 atom stereocenters. The summed E-state index contributed by atoms with van der Waals surface area (Å²) in [6.45, 7) is 1.72. The minimum atomic E-state index is -0.184. The molecule has 2 nitrogen and oxygen atoms in total. The van der Waals surface area contributed by atoms with Gasteiger partial charge in [-0.3, -0.25) is 0 Å². The van der Waals surface area contributed by atoms with Crippen molar-refractivity contribution in [2.45, 2.75) is 12.8 Å². The highest BCUT2D eigenvalue weighted by Gasteiger charge is 2.18. The van der Waals surface area contributed by atoms with Crippen LogP contribution in [0, 0.1) is 5.82 Å². The van der Waals surface area contributed by atoms with Gasteiger partial charge in [0, 0.05) is 25.2 Å². The van der Waals surface area contributed by atoms with Gasteiger partial charge in [0.05, 0.1) is 4.99 Å². The highest BCUT2D eigenvalue weighted by molar-refractivity contribution is 7.80. The first-order valence-electron chi connectivity index (χ1n) is 4.98. The molecule has 4 heteroatoms. The Bertz CT molecular complexity index is 392. The van der Waals surface area contributed by atoms with Crippen molar-refractivity contribution < 1.29 is 4.39 Å². The van der Waals surface area contributed by atoms with Crippen molar-refractivity contribution in [3.63, 3.8) is 0 Å². The predicted molar refractivity (Wildman–Crippen MR) is 63.7 cm³/mol. The third-order valence-corrected chi connectivity index (χ3v) is 2.87. The first kappa shape index (κ1) is 10.4. The number of hydrogen-bond donors (Lipinski definition) is 1. The van der Waals surface area contributed by atoms with Gasteiger partial charge in [0.15, 0.2) is 0 Å². The van der Waals surface area contributed by atoms with Crippen molar-refractivity contribution in [3.05, 3.63) is 29.6 Å². The largest absolute Gasteiger partial charge is 0.393 e. The highest BCUT2D eigenvalue weighted by atomic mass is 32.1. The Kier molecular flexibility index (Phi) is 2.86. The Labute approximate surface area is 93.9 Å². The van der Waals surface area contributed by atoms with E-state index in [1.54, 1.807) is 6.07 Å². The van der Waals surface area contributed by atoms with Gasteiger partial charge in [-0.05, 0) is 24.1 Å². The minimum absolute atomic E-state index is 0.184. The number of benzene rings is 1. The van der Waals surface area contributed by atoms with Crippen LogP contribution in [0.3, 0.4) is 0 Å². The molecule has 2 N–H and O–H groups in total. The molecule has 0 amide bonds. The van der Waals surface area contributed by atoms with Crippen molar-refractivity contribution in [1.82, 2.24) is 0 Å². The number of fused-ring (bicyclic) bond motifs is 1. The van der Waals surface area contributed by atoms with E-state index in [-0.39, 0.29) is 5.82 Å². The van der Waals surface area contributed by atoms with Crippen molar-refractivity contribution >= 4 is 22.9 Å². The molecule has 0 saturated carbocycles. The molecular weight excluding hydrogens is 211 g/mol. The van der Waals surface area contributed by atoms with Gasteiger partial charge in [0.25, 0.3) is 0 Å². The summed E-state index contributed by atoms with van der Waals surface area (Å²) in [5.74, 6) is -0.184. The second-order valence-electron chi connectivity index (χ2n) is 3.73. The van der Waals surface area contributed by atoms with Gasteiger partial charge in [-0.15, -0.1) is 0 Å². The second kappa shape index (κ2) is 4.14. The molecule has 80 valence electrons. The molecule has 0 saturated heterocycles. The average Bonchev–Trinajstić information content (AvgIpc) is 2.57. The van der Waals surface area contributed by atoms with Crippen LogP contribution in [0.25, 0.3) is 0 Å². The summed E-state index contributed by atoms with van der Waals surface area (Å²) in [5, 5.41) is 0. The van der Waals surface area contributed by atoms with Crippen LogP contribution in [0.2, 0.25) is 0 Å². The zero-order valence-corrected chi connectivity index (χ0v) is 9.19. The number of anilines is 1. The lowest BCUT2D eigenvalue weighted by Gasteiger charge is -2.18. The maximum atomic E-state index is 13.1. The molecule has 1 aliphatic heterocycles. The van der Waals surface area contributed by atoms with Crippen LogP contribution in [-0.4, -0.2) is 18.1 Å². The lowest BCUT2D eigenvalue weighted by Crippen LogP contribution is -2.25. The monoisotopic (exact) mass is 224 g/mol. The number of hydrogen-bond acceptors (Lipinski definition) is 2. The third-order valence-electron chi connectivity index (χ3n) is 2.67. The van der Waals surface area contributed by atoms with E-state index in [1.807, 2.05) is 6.07 Å². The predicted octanol–water partition coefficient (Wildman–Crippen LogP) is 1.86. The van der Waals surface area contributed by atoms with E-state index in [0.717, 1.165) is 25.2 Å². The number of rotatable bonds is 3. The van der Waals surface area contributed by atoms with Crippen LogP contribution < -0.4 is 10.6 Å². The molecule has 1 aromatic rings. The van der Waals surface area contributed by atoms with Gasteiger partial charge in [-0.2, -0.15) is 0 Å². The van der Waals surface area contributed by atoms with Gasteiger partial charge in [0.2, 0.25) is 0 Å². The molecule has 1 heterocycles. The number of thiocarbonyl (C=S) groups is 1. The minimum Gasteiger partial charge on any atom is -0.393 e. The molecule has 0 aromatic heterocycles. The Morgan fingerprint density at radius 3 is 3.07 bits per heavy atom. The SMILES string of the molecule is NC(=S)CCN1CCc2ccc(F)cc21. The quantitative estimate of drug-likeness (QED) is 0.795. The molecule has 1 aromatic carbocycles. The summed E-state index contributed by atoms with van der Waals surface area (Å²) in [4.78, 5) is 2.65. The zero-order chi connectivity index (χ0) is 10.8. The van der Waals surface area contributed by atoms with E-state index in [0.29, 0.717) is 11.4 Å². The molecule has 0 aliphatic carbocycles. The van der Waals surface area contributed by atoms with E-state index < -0.39 is 0 Å². The van der Waals surface area contributed by atoms with Crippen molar-refractivity contribution in [2.75, 3.05) is 18.0 Å². The highest BCUT2D eigenvalue weighted by Crippen LogP contribution is 2.28. The first-order chi connectivity index (χ1) is 7.16. The summed E-state index contributed by atoms with van der Waals surface area (Å²) in [6.07, 6.45) is 1.66. The molecule has 0 radical (unpaired) electrons. The van der Waals surface area contributed by atoms with Crippen molar-refractivity contribution in [2.24, 2.45) is 5.73 Å². The molecule has 0 fully saturated rings. The standard InChI is InChI=1S/C11H13FN2S/c12-9-2-1-8-3-5-14(10(8)7-9)6-4-11(13)15/h1-2,7H,3-6H2,(H2,13,15).